The highest BCUT2D eigenvalue weighted by atomic mass is 35.5. The number of carbonyl (C=O) groups excluding carboxylic acids is 1. The Morgan fingerprint density at radius 2 is 1.86 bits per heavy atom. The van der Waals surface area contributed by atoms with E-state index in [1.54, 1.807) is 24.3 Å². The number of ether oxygens (including phenoxy) is 1. The Morgan fingerprint density at radius 3 is 2.50 bits per heavy atom. The molecule has 0 bridgehead atoms. The van der Waals surface area contributed by atoms with Gasteiger partial charge in [0.05, 0.1) is 17.6 Å². The predicted octanol–water partition coefficient (Wildman–Crippen LogP) is 2.85. The second kappa shape index (κ2) is 8.87. The molecular weight excluding hydrogens is 400 g/mol. The molecule has 0 amide bonds. The van der Waals surface area contributed by atoms with Crippen LogP contribution in [0.3, 0.4) is 0 Å². The molecule has 0 aliphatic carbocycles. The summed E-state index contributed by atoms with van der Waals surface area (Å²) in [5.41, 5.74) is 1.44. The van der Waals surface area contributed by atoms with Crippen molar-refractivity contribution in [2.75, 3.05) is 13.7 Å². The lowest BCUT2D eigenvalue weighted by Gasteiger charge is -2.12. The minimum atomic E-state index is -3.58. The Morgan fingerprint density at radius 1 is 1.18 bits per heavy atom. The lowest BCUT2D eigenvalue weighted by molar-refractivity contribution is 0.0600. The molecule has 1 aliphatic heterocycles. The summed E-state index contributed by atoms with van der Waals surface area (Å²) in [4.78, 5) is 11.6. The van der Waals surface area contributed by atoms with E-state index in [1.165, 1.54) is 19.2 Å². The molecule has 8 heteroatoms. The summed E-state index contributed by atoms with van der Waals surface area (Å²) in [5, 5.41) is 3.78. The number of benzene rings is 2. The molecule has 6 nitrogen and oxygen atoms in total. The van der Waals surface area contributed by atoms with Crippen molar-refractivity contribution in [3.63, 3.8) is 0 Å². The van der Waals surface area contributed by atoms with Gasteiger partial charge in [-0.05, 0) is 48.4 Å². The Bertz CT molecular complexity index is 957. The molecule has 1 fully saturated rings. The van der Waals surface area contributed by atoms with Gasteiger partial charge in [0.25, 0.3) is 0 Å². The fourth-order valence-electron chi connectivity index (χ4n) is 2.98. The molecule has 1 aliphatic rings. The minimum Gasteiger partial charge on any atom is -0.465 e. The Hall–Kier alpha value is -2.19. The highest BCUT2D eigenvalue weighted by Gasteiger charge is 2.27. The second-order valence-electron chi connectivity index (χ2n) is 6.50. The molecule has 0 saturated carbocycles. The van der Waals surface area contributed by atoms with Gasteiger partial charge in [-0.15, -0.1) is 0 Å². The first-order chi connectivity index (χ1) is 13.4. The van der Waals surface area contributed by atoms with Crippen molar-refractivity contribution in [2.24, 2.45) is 0 Å². The van der Waals surface area contributed by atoms with Crippen molar-refractivity contribution in [1.82, 2.24) is 10.0 Å². The zero-order valence-corrected chi connectivity index (χ0v) is 16.8. The molecule has 1 saturated heterocycles. The Labute approximate surface area is 169 Å². The molecule has 2 N–H and O–H groups in total. The third-order valence-electron chi connectivity index (χ3n) is 4.46. The highest BCUT2D eigenvalue weighted by Crippen LogP contribution is 2.17. The molecule has 2 aromatic carbocycles. The summed E-state index contributed by atoms with van der Waals surface area (Å²) in [6.07, 6.45) is 4.57. The third kappa shape index (κ3) is 5.20. The lowest BCUT2D eigenvalue weighted by atomic mass is 10.1. The third-order valence-corrected chi connectivity index (χ3v) is 6.25. The van der Waals surface area contributed by atoms with Gasteiger partial charge in [0.1, 0.15) is 0 Å². The van der Waals surface area contributed by atoms with Crippen LogP contribution in [0, 0.1) is 0 Å². The van der Waals surface area contributed by atoms with Crippen molar-refractivity contribution < 1.29 is 17.9 Å². The van der Waals surface area contributed by atoms with Gasteiger partial charge < -0.3 is 10.1 Å². The van der Waals surface area contributed by atoms with Crippen LogP contribution in [0.25, 0.3) is 6.08 Å². The number of halogens is 1. The summed E-state index contributed by atoms with van der Waals surface area (Å²) < 4.78 is 32.3. The second-order valence-corrected chi connectivity index (χ2v) is 8.65. The molecule has 0 radical (unpaired) electrons. The molecule has 148 valence electrons. The van der Waals surface area contributed by atoms with Gasteiger partial charge in [-0.1, -0.05) is 35.9 Å². The summed E-state index contributed by atoms with van der Waals surface area (Å²) >= 11 is 5.81. The van der Waals surface area contributed by atoms with E-state index in [9.17, 15) is 13.2 Å². The fourth-order valence-corrected chi connectivity index (χ4v) is 4.35. The quantitative estimate of drug-likeness (QED) is 0.702. The van der Waals surface area contributed by atoms with Crippen LogP contribution in [0.5, 0.6) is 0 Å². The van der Waals surface area contributed by atoms with E-state index in [4.69, 9.17) is 11.6 Å². The monoisotopic (exact) mass is 420 g/mol. The van der Waals surface area contributed by atoms with Crippen LogP contribution < -0.4 is 10.0 Å². The number of hydrogen-bond donors (Lipinski definition) is 2. The van der Waals surface area contributed by atoms with E-state index >= 15 is 0 Å². The van der Waals surface area contributed by atoms with Gasteiger partial charge in [0.15, 0.2) is 0 Å². The molecule has 2 aromatic rings. The maximum absolute atomic E-state index is 12.5. The topological polar surface area (TPSA) is 84.5 Å². The molecular formula is C20H21ClN2O4S. The standard InChI is InChI=1S/C20H21ClN2O4S/c1-27-20(24)15-5-2-14(3-6-15)4-9-17-12-18(13-22-17)23-28(25,26)19-10-7-16(21)8-11-19/h2-11,17-18,22-23H,12-13H2,1H3/b9-4-/t17-,18-/m1/s1. The van der Waals surface area contributed by atoms with Gasteiger partial charge >= 0.3 is 5.97 Å². The first kappa shape index (κ1) is 20.5. The van der Waals surface area contributed by atoms with Crippen LogP contribution in [0.2, 0.25) is 5.02 Å². The van der Waals surface area contributed by atoms with Gasteiger partial charge in [-0.2, -0.15) is 0 Å². The van der Waals surface area contributed by atoms with Crippen LogP contribution in [0.4, 0.5) is 0 Å². The average Bonchev–Trinajstić information content (AvgIpc) is 3.13. The Kier molecular flexibility index (Phi) is 6.51. The number of sulfonamides is 1. The zero-order chi connectivity index (χ0) is 20.1. The number of nitrogens with one attached hydrogen (secondary N) is 2. The summed E-state index contributed by atoms with van der Waals surface area (Å²) in [6.45, 7) is 0.545. The van der Waals surface area contributed by atoms with Crippen LogP contribution in [-0.4, -0.2) is 40.1 Å². The summed E-state index contributed by atoms with van der Waals surface area (Å²) in [7, 11) is -2.24. The molecule has 2 atom stereocenters. The summed E-state index contributed by atoms with van der Waals surface area (Å²) in [5.74, 6) is -0.371. The Balaban J connectivity index is 1.57. The van der Waals surface area contributed by atoms with Crippen molar-refractivity contribution in [2.45, 2.75) is 23.4 Å². The van der Waals surface area contributed by atoms with Crippen LogP contribution in [-0.2, 0) is 14.8 Å². The van der Waals surface area contributed by atoms with Gasteiger partial charge in [0.2, 0.25) is 10.0 Å². The van der Waals surface area contributed by atoms with Crippen molar-refractivity contribution in [3.05, 3.63) is 70.8 Å². The van der Waals surface area contributed by atoms with E-state index < -0.39 is 10.0 Å². The molecule has 0 aromatic heterocycles. The largest absolute Gasteiger partial charge is 0.465 e. The maximum Gasteiger partial charge on any atom is 0.337 e. The fraction of sp³-hybridized carbons (Fsp3) is 0.250. The first-order valence-electron chi connectivity index (χ1n) is 8.75. The van der Waals surface area contributed by atoms with E-state index in [0.29, 0.717) is 23.6 Å². The molecule has 1 heterocycles. The van der Waals surface area contributed by atoms with Crippen molar-refractivity contribution in [1.29, 1.82) is 0 Å². The van der Waals surface area contributed by atoms with Crippen LogP contribution in [0.1, 0.15) is 22.3 Å². The zero-order valence-electron chi connectivity index (χ0n) is 15.3. The van der Waals surface area contributed by atoms with Crippen LogP contribution in [0.15, 0.2) is 59.5 Å². The van der Waals surface area contributed by atoms with E-state index in [1.807, 2.05) is 24.3 Å². The average molecular weight is 421 g/mol. The number of carbonyl (C=O) groups is 1. The van der Waals surface area contributed by atoms with Crippen LogP contribution >= 0.6 is 11.6 Å². The molecule has 28 heavy (non-hydrogen) atoms. The minimum absolute atomic E-state index is 0.0539. The number of methoxy groups -OCH3 is 1. The maximum atomic E-state index is 12.5. The first-order valence-corrected chi connectivity index (χ1v) is 10.6. The normalized spacial score (nSPS) is 19.8. The van der Waals surface area contributed by atoms with Crippen molar-refractivity contribution >= 4 is 33.7 Å². The van der Waals surface area contributed by atoms with E-state index in [0.717, 1.165) is 5.56 Å². The molecule has 0 unspecified atom stereocenters. The van der Waals surface area contributed by atoms with E-state index in [2.05, 4.69) is 14.8 Å². The highest BCUT2D eigenvalue weighted by molar-refractivity contribution is 7.89. The number of rotatable bonds is 6. The summed E-state index contributed by atoms with van der Waals surface area (Å²) in [6, 6.07) is 13.0. The SMILES string of the molecule is COC(=O)c1ccc(/C=C\[C@@H]2C[C@@H](NS(=O)(=O)c3ccc(Cl)cc3)CN2)cc1. The van der Waals surface area contributed by atoms with E-state index in [-0.39, 0.29) is 22.9 Å². The van der Waals surface area contributed by atoms with Gasteiger partial charge in [-0.25, -0.2) is 17.9 Å². The number of esters is 1. The van der Waals surface area contributed by atoms with Gasteiger partial charge in [0, 0.05) is 23.7 Å². The smallest absolute Gasteiger partial charge is 0.337 e. The number of hydrogen-bond acceptors (Lipinski definition) is 5. The van der Waals surface area contributed by atoms with Crippen molar-refractivity contribution in [3.8, 4) is 0 Å². The van der Waals surface area contributed by atoms with Gasteiger partial charge in [-0.3, -0.25) is 0 Å². The lowest BCUT2D eigenvalue weighted by Crippen LogP contribution is -2.36. The predicted molar refractivity (Wildman–Crippen MR) is 109 cm³/mol. The molecule has 3 rings (SSSR count). The molecule has 0 spiro atoms.